The molecule has 4 rings (SSSR count). The van der Waals surface area contributed by atoms with Gasteiger partial charge < -0.3 is 65.3 Å². The summed E-state index contributed by atoms with van der Waals surface area (Å²) >= 11 is 4.66. The van der Waals surface area contributed by atoms with Gasteiger partial charge in [0.15, 0.2) is 29.8 Å². The van der Waals surface area contributed by atoms with Gasteiger partial charge in [-0.2, -0.15) is 9.97 Å². The first-order valence-corrected chi connectivity index (χ1v) is 21.7. The van der Waals surface area contributed by atoms with Gasteiger partial charge in [-0.25, -0.2) is 23.2 Å². The molecule has 2 aliphatic rings. The highest BCUT2D eigenvalue weighted by atomic mass is 32.5. The first-order chi connectivity index (χ1) is 26.5. The van der Waals surface area contributed by atoms with Gasteiger partial charge in [0.2, 0.25) is 11.9 Å². The number of phosphoric ester groups is 2. The maximum atomic E-state index is 12.9. The summed E-state index contributed by atoms with van der Waals surface area (Å²) in [4.78, 5) is 81.8. The molecule has 28 nitrogen and oxygen atoms in total. The molecule has 0 aromatic carbocycles. The predicted octanol–water partition coefficient (Wildman–Crippen LogP) is -2.82. The van der Waals surface area contributed by atoms with Gasteiger partial charge in [0.25, 0.3) is 11.1 Å². The number of nitrogens with zero attached hydrogens (tertiary/aromatic N) is 6. The van der Waals surface area contributed by atoms with Gasteiger partial charge in [-0.1, -0.05) is 0 Å². The van der Waals surface area contributed by atoms with E-state index in [0.29, 0.717) is 0 Å². The molecule has 0 saturated carbocycles. The Morgan fingerprint density at radius 2 is 1.39 bits per heavy atom. The van der Waals surface area contributed by atoms with Gasteiger partial charge in [-0.15, -0.1) is 0 Å². The minimum Gasteiger partial charge on any atom is -0.387 e. The fourth-order valence-corrected chi connectivity index (χ4v) is 10.8. The van der Waals surface area contributed by atoms with Crippen LogP contribution in [0.25, 0.3) is 0 Å². The maximum Gasteiger partial charge on any atom is 0.479 e. The number of nitrogen functional groups attached to an aromatic ring is 2. The van der Waals surface area contributed by atoms with Crippen LogP contribution >= 0.6 is 22.4 Å². The second kappa shape index (κ2) is 18.5. The lowest BCUT2D eigenvalue weighted by Crippen LogP contribution is -2.45. The molecule has 7 unspecified atom stereocenters. The number of nitrogens with one attached hydrogen (secondary N) is 3. The second-order valence-electron chi connectivity index (χ2n) is 12.3. The van der Waals surface area contributed by atoms with Crippen molar-refractivity contribution in [3.8, 4) is 0 Å². The van der Waals surface area contributed by atoms with E-state index in [0.717, 1.165) is 0 Å². The number of methoxy groups -OCH3 is 1. The average Bonchev–Trinajstić information content (AvgIpc) is 3.58. The molecule has 4 heterocycles. The Bertz CT molecular complexity index is 2030. The van der Waals surface area contributed by atoms with Crippen molar-refractivity contribution < 1.29 is 70.7 Å². The summed E-state index contributed by atoms with van der Waals surface area (Å²) in [6.07, 6.45) is -10.9. The molecular formula is C25H44N11O17P3S. The molecule has 2 aliphatic heterocycles. The predicted molar refractivity (Wildman–Crippen MR) is 203 cm³/mol. The van der Waals surface area contributed by atoms with Crippen molar-refractivity contribution in [1.29, 1.82) is 0 Å². The lowest BCUT2D eigenvalue weighted by atomic mass is 10.1. The van der Waals surface area contributed by atoms with E-state index in [4.69, 9.17) is 39.6 Å². The molecule has 2 saturated heterocycles. The quantitative estimate of drug-likeness (QED) is 0.0386. The molecule has 0 radical (unpaired) electrons. The summed E-state index contributed by atoms with van der Waals surface area (Å²) in [5.41, 5.74) is 12.2. The molecule has 11 atom stereocenters. The van der Waals surface area contributed by atoms with Crippen LogP contribution in [-0.2, 0) is 57.7 Å². The number of ether oxygens (including phenoxy) is 3. The molecule has 32 heteroatoms. The second-order valence-corrected chi connectivity index (χ2v) is 18.3. The number of aliphatic hydroxyl groups is 2. The SMILES string of the molecule is C=Nc1c(N(C)[C@@H]2O[C@H](COP(=O)(O)OP(O)(=S)OP(=O)(O)OC[C@H]3O[C@@H](N(C)c4nc(N)[nH]c(=O)c4N(C)C)C(OC)C3O)C(ONC)C2O)nc(N)[nH]c1=O. The number of aliphatic imine (C=N–C) groups is 1. The van der Waals surface area contributed by atoms with Crippen LogP contribution in [-0.4, -0.2) is 156 Å². The number of anilines is 5. The number of rotatable bonds is 19. The fraction of sp³-hybridized carbons (Fsp3) is 0.640. The van der Waals surface area contributed by atoms with Crippen LogP contribution in [0.5, 0.6) is 0 Å². The van der Waals surface area contributed by atoms with Gasteiger partial charge in [-0.3, -0.25) is 38.4 Å². The van der Waals surface area contributed by atoms with Crippen LogP contribution in [0.3, 0.4) is 0 Å². The Hall–Kier alpha value is -3.02. The van der Waals surface area contributed by atoms with Crippen molar-refractivity contribution in [3.63, 3.8) is 0 Å². The summed E-state index contributed by atoms with van der Waals surface area (Å²) in [5.74, 6) is -0.640. The van der Waals surface area contributed by atoms with Crippen LogP contribution in [0.4, 0.5) is 34.9 Å². The molecular weight excluding hydrogens is 851 g/mol. The average molecular weight is 896 g/mol. The van der Waals surface area contributed by atoms with Crippen LogP contribution in [0.15, 0.2) is 14.6 Å². The van der Waals surface area contributed by atoms with E-state index in [-0.39, 0.29) is 34.9 Å². The van der Waals surface area contributed by atoms with E-state index < -0.39 is 95.8 Å². The summed E-state index contributed by atoms with van der Waals surface area (Å²) in [5, 5.41) is 21.9. The molecule has 0 spiro atoms. The summed E-state index contributed by atoms with van der Waals surface area (Å²) < 4.78 is 61.5. The van der Waals surface area contributed by atoms with E-state index in [1.54, 1.807) is 14.1 Å². The molecule has 12 N–H and O–H groups in total. The molecule has 2 aromatic heterocycles. The van der Waals surface area contributed by atoms with Crippen LogP contribution in [0.2, 0.25) is 0 Å². The number of aromatic nitrogens is 4. The number of nitrogens with two attached hydrogens (primary N) is 2. The number of hydrogen-bond acceptors (Lipinski definition) is 24. The fourth-order valence-electron chi connectivity index (χ4n) is 5.76. The zero-order valence-corrected chi connectivity index (χ0v) is 34.5. The third kappa shape index (κ3) is 11.0. The Labute approximate surface area is 328 Å². The highest BCUT2D eigenvalue weighted by Gasteiger charge is 2.50. The summed E-state index contributed by atoms with van der Waals surface area (Å²) in [6, 6.07) is 0. The lowest BCUT2D eigenvalue weighted by Gasteiger charge is -2.31. The van der Waals surface area contributed by atoms with E-state index in [1.807, 2.05) is 0 Å². The molecule has 0 bridgehead atoms. The third-order valence-electron chi connectivity index (χ3n) is 8.19. The topological polar surface area (TPSA) is 387 Å². The molecule has 322 valence electrons. The minimum absolute atomic E-state index is 0.0347. The van der Waals surface area contributed by atoms with Gasteiger partial charge in [0, 0.05) is 42.3 Å². The monoisotopic (exact) mass is 895 g/mol. The summed E-state index contributed by atoms with van der Waals surface area (Å²) in [6.45, 7) is -3.64. The Kier molecular flexibility index (Phi) is 15.1. The Morgan fingerprint density at radius 1 is 0.877 bits per heavy atom. The van der Waals surface area contributed by atoms with Crippen LogP contribution < -0.4 is 42.8 Å². The molecule has 0 amide bonds. The van der Waals surface area contributed by atoms with Gasteiger partial charge in [-0.05, 0) is 18.5 Å². The van der Waals surface area contributed by atoms with E-state index >= 15 is 0 Å². The molecule has 57 heavy (non-hydrogen) atoms. The van der Waals surface area contributed by atoms with Gasteiger partial charge in [0.1, 0.15) is 42.3 Å². The minimum atomic E-state index is -5.47. The first-order valence-electron chi connectivity index (χ1n) is 16.1. The Morgan fingerprint density at radius 3 is 1.91 bits per heavy atom. The smallest absolute Gasteiger partial charge is 0.387 e. The normalized spacial score (nSPS) is 28.0. The highest BCUT2D eigenvalue weighted by Crippen LogP contribution is 2.68. The number of aromatic amines is 2. The number of likely N-dealkylation sites (N-methyl/N-ethyl adjacent to an activating group) is 2. The molecule has 2 fully saturated rings. The van der Waals surface area contributed by atoms with Crippen molar-refractivity contribution >= 4 is 75.8 Å². The van der Waals surface area contributed by atoms with E-state index in [9.17, 15) is 43.6 Å². The van der Waals surface area contributed by atoms with Gasteiger partial charge in [0.05, 0.1) is 13.2 Å². The van der Waals surface area contributed by atoms with Crippen LogP contribution in [0, 0.1) is 0 Å². The highest BCUT2D eigenvalue weighted by molar-refractivity contribution is 8.09. The van der Waals surface area contributed by atoms with Crippen molar-refractivity contribution in [1.82, 2.24) is 25.4 Å². The van der Waals surface area contributed by atoms with Crippen molar-refractivity contribution in [3.05, 3.63) is 20.7 Å². The Balaban J connectivity index is 1.39. The van der Waals surface area contributed by atoms with Crippen LogP contribution in [0.1, 0.15) is 0 Å². The number of aliphatic hydroxyl groups excluding tert-OH is 2. The standard InChI is InChI=1S/C25H44N11O17P3S/c1-28-12-18(30-24(26)32-20(12)39)35(5)22-15(38)16(51-29-2)11(50-22)9-48-55(43,44)53-56(45,57)52-54(41,42)47-8-10-14(37)17(46-7)23(49-10)36(6)19-13(34(3)4)21(40)33-25(27)31-19/h10-11,14-17,22-23,29,37-38H,1,8-9H2,2-7H3,(H,41,42)(H,43,44)(H,45,57)(H3,26,30,32,39)(H3,27,31,33,40)/t10-,11-,14?,15?,16?,17?,22-,23-,56?/m1/s1. The number of hydroxylamine groups is 1. The van der Waals surface area contributed by atoms with Crippen molar-refractivity contribution in [2.45, 2.75) is 49.1 Å². The summed E-state index contributed by atoms with van der Waals surface area (Å²) in [7, 11) is -2.39. The molecule has 0 aliphatic carbocycles. The van der Waals surface area contributed by atoms with E-state index in [2.05, 4.69) is 57.6 Å². The largest absolute Gasteiger partial charge is 0.479 e. The first kappa shape index (κ1) is 46.7. The third-order valence-corrected chi connectivity index (χ3v) is 13.6. The van der Waals surface area contributed by atoms with Crippen molar-refractivity contribution in [2.24, 2.45) is 4.99 Å². The maximum absolute atomic E-state index is 12.9. The number of phosphoric acid groups is 2. The molecule has 2 aromatic rings. The zero-order chi connectivity index (χ0) is 42.8. The van der Waals surface area contributed by atoms with E-state index in [1.165, 1.54) is 43.0 Å². The number of hydrogen-bond donors (Lipinski definition) is 10. The lowest BCUT2D eigenvalue weighted by molar-refractivity contribution is -0.0898. The van der Waals surface area contributed by atoms with Gasteiger partial charge >= 0.3 is 22.4 Å². The zero-order valence-electron chi connectivity index (χ0n) is 31.0. The number of H-pyrrole nitrogens is 2. The van der Waals surface area contributed by atoms with Crippen molar-refractivity contribution in [2.75, 3.05) is 81.7 Å².